The second-order valence-corrected chi connectivity index (χ2v) is 7.90. The smallest absolute Gasteiger partial charge is 0.241 e. The highest BCUT2D eigenvalue weighted by molar-refractivity contribution is 5.89. The summed E-state index contributed by atoms with van der Waals surface area (Å²) in [5, 5.41) is 3.18. The van der Waals surface area contributed by atoms with E-state index in [4.69, 9.17) is 10.5 Å². The van der Waals surface area contributed by atoms with Gasteiger partial charge in [-0.25, -0.2) is 0 Å². The van der Waals surface area contributed by atoms with Gasteiger partial charge in [-0.15, -0.1) is 0 Å². The zero-order valence-electron chi connectivity index (χ0n) is 15.4. The molecule has 0 aliphatic heterocycles. The Morgan fingerprint density at radius 2 is 2.00 bits per heavy atom. The van der Waals surface area contributed by atoms with Gasteiger partial charge in [-0.3, -0.25) is 4.79 Å². The second kappa shape index (κ2) is 7.28. The Morgan fingerprint density at radius 1 is 1.41 bits per heavy atom. The van der Waals surface area contributed by atoms with Crippen LogP contribution in [-0.4, -0.2) is 55.7 Å². The van der Waals surface area contributed by atoms with Crippen LogP contribution < -0.4 is 11.1 Å². The lowest BCUT2D eigenvalue weighted by Crippen LogP contribution is -2.76. The minimum atomic E-state index is -0.839. The molecule has 22 heavy (non-hydrogen) atoms. The van der Waals surface area contributed by atoms with E-state index in [1.165, 1.54) is 0 Å². The number of hydrogen-bond donors (Lipinski definition) is 2. The average molecular weight is 313 g/mol. The van der Waals surface area contributed by atoms with Crippen LogP contribution in [-0.2, 0) is 9.53 Å². The minimum absolute atomic E-state index is 0.0408. The van der Waals surface area contributed by atoms with Crippen LogP contribution in [0.25, 0.3) is 0 Å². The Labute approximate surface area is 135 Å². The van der Waals surface area contributed by atoms with Gasteiger partial charge in [-0.2, -0.15) is 0 Å². The maximum Gasteiger partial charge on any atom is 0.241 e. The van der Waals surface area contributed by atoms with Crippen LogP contribution in [0.4, 0.5) is 0 Å². The minimum Gasteiger partial charge on any atom is -0.378 e. The van der Waals surface area contributed by atoms with Crippen molar-refractivity contribution in [2.24, 2.45) is 17.1 Å². The van der Waals surface area contributed by atoms with Gasteiger partial charge < -0.3 is 20.7 Å². The number of rotatable bonds is 8. The van der Waals surface area contributed by atoms with Crippen molar-refractivity contribution in [1.29, 1.82) is 0 Å². The number of hydrogen-bond acceptors (Lipinski definition) is 4. The number of nitrogens with one attached hydrogen (secondary N) is 1. The number of ether oxygens (including phenoxy) is 1. The third-order valence-electron chi connectivity index (χ3n) is 4.91. The van der Waals surface area contributed by atoms with Gasteiger partial charge in [-0.1, -0.05) is 27.7 Å². The molecule has 1 amide bonds. The normalized spacial score (nSPS) is 28.5. The monoisotopic (exact) mass is 313 g/mol. The molecule has 0 heterocycles. The molecule has 1 aliphatic carbocycles. The van der Waals surface area contributed by atoms with E-state index in [0.717, 1.165) is 13.0 Å². The first-order chi connectivity index (χ1) is 10.0. The van der Waals surface area contributed by atoms with Crippen molar-refractivity contribution in [2.75, 3.05) is 27.2 Å². The fourth-order valence-corrected chi connectivity index (χ4v) is 3.32. The summed E-state index contributed by atoms with van der Waals surface area (Å²) < 4.78 is 5.70. The molecule has 0 saturated heterocycles. The van der Waals surface area contributed by atoms with E-state index in [0.29, 0.717) is 18.9 Å². The predicted molar refractivity (Wildman–Crippen MR) is 90.7 cm³/mol. The third kappa shape index (κ3) is 4.00. The van der Waals surface area contributed by atoms with Crippen molar-refractivity contribution in [1.82, 2.24) is 10.2 Å². The second-order valence-electron chi connectivity index (χ2n) is 7.90. The summed E-state index contributed by atoms with van der Waals surface area (Å²) in [5.74, 6) is 0.491. The Morgan fingerprint density at radius 3 is 2.41 bits per heavy atom. The number of amides is 1. The van der Waals surface area contributed by atoms with Gasteiger partial charge >= 0.3 is 0 Å². The van der Waals surface area contributed by atoms with E-state index in [1.807, 2.05) is 34.9 Å². The number of carbonyl (C=O) groups is 1. The van der Waals surface area contributed by atoms with E-state index in [-0.39, 0.29) is 23.5 Å². The largest absolute Gasteiger partial charge is 0.378 e. The van der Waals surface area contributed by atoms with Crippen molar-refractivity contribution in [3.8, 4) is 0 Å². The molecule has 5 nitrogen and oxygen atoms in total. The van der Waals surface area contributed by atoms with Gasteiger partial charge in [0.25, 0.3) is 0 Å². The zero-order valence-corrected chi connectivity index (χ0v) is 15.4. The molecule has 130 valence electrons. The predicted octanol–water partition coefficient (Wildman–Crippen LogP) is 1.61. The molecule has 3 N–H and O–H groups in total. The first-order valence-corrected chi connectivity index (χ1v) is 8.40. The molecular weight excluding hydrogens is 278 g/mol. The van der Waals surface area contributed by atoms with E-state index in [1.54, 1.807) is 0 Å². The highest BCUT2D eigenvalue weighted by Gasteiger charge is 2.62. The summed E-state index contributed by atoms with van der Waals surface area (Å²) in [6.07, 6.45) is 1.61. The number of nitrogens with two attached hydrogens (primary N) is 1. The maximum atomic E-state index is 12.8. The summed E-state index contributed by atoms with van der Waals surface area (Å²) in [7, 11) is 4.05. The van der Waals surface area contributed by atoms with Gasteiger partial charge in [0.15, 0.2) is 0 Å². The molecule has 5 heteroatoms. The Kier molecular flexibility index (Phi) is 6.42. The number of nitrogens with zero attached hydrogens (tertiary/aromatic N) is 1. The molecule has 1 rings (SSSR count). The molecule has 1 aliphatic rings. The fourth-order valence-electron chi connectivity index (χ4n) is 3.32. The van der Waals surface area contributed by atoms with Gasteiger partial charge in [-0.05, 0) is 33.4 Å². The molecule has 0 bridgehead atoms. The lowest BCUT2D eigenvalue weighted by atomic mass is 9.54. The zero-order chi connectivity index (χ0) is 17.1. The quantitative estimate of drug-likeness (QED) is 0.714. The third-order valence-corrected chi connectivity index (χ3v) is 4.91. The Bertz CT molecular complexity index is 372. The molecule has 3 atom stereocenters. The fraction of sp³-hybridized carbons (Fsp3) is 0.941. The van der Waals surface area contributed by atoms with Gasteiger partial charge in [0.05, 0.1) is 6.10 Å². The molecule has 0 spiro atoms. The molecule has 1 fully saturated rings. The van der Waals surface area contributed by atoms with Crippen molar-refractivity contribution in [3.05, 3.63) is 0 Å². The SMILES string of the molecule is CCOC1CC(N)(C(=O)NC(CC(C)C)CN(C)C)C1(C)C. The van der Waals surface area contributed by atoms with Crippen molar-refractivity contribution in [3.63, 3.8) is 0 Å². The molecule has 0 radical (unpaired) electrons. The van der Waals surface area contributed by atoms with Crippen LogP contribution in [0.5, 0.6) is 0 Å². The van der Waals surface area contributed by atoms with Crippen LogP contribution in [0.15, 0.2) is 0 Å². The van der Waals surface area contributed by atoms with E-state index in [2.05, 4.69) is 24.1 Å². The highest BCUT2D eigenvalue weighted by atomic mass is 16.5. The summed E-state index contributed by atoms with van der Waals surface area (Å²) in [5.41, 5.74) is 5.27. The molecule has 3 unspecified atom stereocenters. The van der Waals surface area contributed by atoms with Crippen LogP contribution >= 0.6 is 0 Å². The summed E-state index contributed by atoms with van der Waals surface area (Å²) in [6.45, 7) is 11.9. The average Bonchev–Trinajstić information content (AvgIpc) is 2.36. The standard InChI is InChI=1S/C17H35N3O2/c1-8-22-14-10-17(18,16(14,4)5)15(21)19-13(9-12(2)3)11-20(6)7/h12-14H,8-11,18H2,1-7H3,(H,19,21). The van der Waals surface area contributed by atoms with Crippen LogP contribution in [0.3, 0.4) is 0 Å². The first kappa shape index (κ1) is 19.4. The van der Waals surface area contributed by atoms with Crippen molar-refractivity contribution >= 4 is 5.91 Å². The molecule has 1 saturated carbocycles. The first-order valence-electron chi connectivity index (χ1n) is 8.40. The molecular formula is C17H35N3O2. The lowest BCUT2D eigenvalue weighted by molar-refractivity contribution is -0.171. The topological polar surface area (TPSA) is 67.6 Å². The summed E-state index contributed by atoms with van der Waals surface area (Å²) in [6, 6.07) is 0.130. The summed E-state index contributed by atoms with van der Waals surface area (Å²) in [4.78, 5) is 14.9. The van der Waals surface area contributed by atoms with Crippen LogP contribution in [0.1, 0.15) is 47.5 Å². The molecule has 0 aromatic heterocycles. The maximum absolute atomic E-state index is 12.8. The van der Waals surface area contributed by atoms with Crippen LogP contribution in [0, 0.1) is 11.3 Å². The van der Waals surface area contributed by atoms with E-state index >= 15 is 0 Å². The number of carbonyl (C=O) groups excluding carboxylic acids is 1. The summed E-state index contributed by atoms with van der Waals surface area (Å²) >= 11 is 0. The lowest BCUT2D eigenvalue weighted by Gasteiger charge is -2.57. The Hall–Kier alpha value is -0.650. The van der Waals surface area contributed by atoms with Gasteiger partial charge in [0.2, 0.25) is 5.91 Å². The number of likely N-dealkylation sites (N-methyl/N-ethyl adjacent to an activating group) is 1. The van der Waals surface area contributed by atoms with E-state index < -0.39 is 5.54 Å². The Balaban J connectivity index is 2.73. The van der Waals surface area contributed by atoms with Gasteiger partial charge in [0, 0.05) is 31.0 Å². The van der Waals surface area contributed by atoms with Crippen LogP contribution in [0.2, 0.25) is 0 Å². The van der Waals surface area contributed by atoms with Gasteiger partial charge in [0.1, 0.15) is 5.54 Å². The molecule has 0 aromatic carbocycles. The van der Waals surface area contributed by atoms with Crippen molar-refractivity contribution in [2.45, 2.75) is 65.1 Å². The highest BCUT2D eigenvalue weighted by Crippen LogP contribution is 2.49. The van der Waals surface area contributed by atoms with E-state index in [9.17, 15) is 4.79 Å². The van der Waals surface area contributed by atoms with Crippen molar-refractivity contribution < 1.29 is 9.53 Å². The molecule has 0 aromatic rings.